The second-order valence-electron chi connectivity index (χ2n) is 2.87. The highest BCUT2D eigenvalue weighted by Crippen LogP contribution is 2.11. The minimum absolute atomic E-state index is 0.239. The fourth-order valence-electron chi connectivity index (χ4n) is 1.28. The first-order valence-corrected chi connectivity index (χ1v) is 3.82. The Morgan fingerprint density at radius 2 is 2.23 bits per heavy atom. The largest absolute Gasteiger partial charge is 0.320 e. The molecular weight excluding hydrogens is 171 g/mol. The molecule has 0 aliphatic carbocycles. The second kappa shape index (κ2) is 2.65. The molecule has 0 aromatic carbocycles. The summed E-state index contributed by atoms with van der Waals surface area (Å²) in [6.07, 6.45) is 1.13. The summed E-state index contributed by atoms with van der Waals surface area (Å²) in [6, 6.07) is 2.70. The molecule has 0 saturated carbocycles. The molecule has 0 bridgehead atoms. The highest BCUT2D eigenvalue weighted by molar-refractivity contribution is 5.76. The van der Waals surface area contributed by atoms with Crippen molar-refractivity contribution in [2.24, 2.45) is 0 Å². The molecular formula is C9H7FN2O. The van der Waals surface area contributed by atoms with E-state index in [1.807, 2.05) is 0 Å². The number of halogens is 1. The molecule has 0 aliphatic rings. The lowest BCUT2D eigenvalue weighted by Crippen LogP contribution is -2.05. The lowest BCUT2D eigenvalue weighted by molar-refractivity contribution is 0.623. The molecule has 4 heteroatoms. The topological polar surface area (TPSA) is 45.8 Å². The summed E-state index contributed by atoms with van der Waals surface area (Å²) in [5, 5.41) is 0. The quantitative estimate of drug-likeness (QED) is 0.662. The molecule has 66 valence electrons. The molecule has 1 N–H and O–H groups in total. The van der Waals surface area contributed by atoms with E-state index in [9.17, 15) is 9.18 Å². The Morgan fingerprint density at radius 1 is 1.46 bits per heavy atom. The highest BCUT2D eigenvalue weighted by Gasteiger charge is 2.01. The van der Waals surface area contributed by atoms with Crippen LogP contribution in [0.4, 0.5) is 4.39 Å². The van der Waals surface area contributed by atoms with Crippen molar-refractivity contribution < 1.29 is 4.39 Å². The van der Waals surface area contributed by atoms with Crippen LogP contribution in [0.2, 0.25) is 0 Å². The zero-order valence-electron chi connectivity index (χ0n) is 6.97. The van der Waals surface area contributed by atoms with Crippen molar-refractivity contribution in [1.82, 2.24) is 9.97 Å². The molecule has 0 unspecified atom stereocenters. The molecule has 0 aliphatic heterocycles. The van der Waals surface area contributed by atoms with Gasteiger partial charge in [0.15, 0.2) is 0 Å². The minimum Gasteiger partial charge on any atom is -0.320 e. The predicted molar refractivity (Wildman–Crippen MR) is 47.1 cm³/mol. The Kier molecular flexibility index (Phi) is 1.62. The van der Waals surface area contributed by atoms with Crippen LogP contribution < -0.4 is 5.56 Å². The van der Waals surface area contributed by atoms with Gasteiger partial charge in [0.25, 0.3) is 0 Å². The fourth-order valence-corrected chi connectivity index (χ4v) is 1.28. The van der Waals surface area contributed by atoms with Crippen LogP contribution in [0.5, 0.6) is 0 Å². The molecule has 2 aromatic rings. The van der Waals surface area contributed by atoms with E-state index in [1.165, 1.54) is 12.1 Å². The van der Waals surface area contributed by atoms with E-state index in [2.05, 4.69) is 9.97 Å². The van der Waals surface area contributed by atoms with Gasteiger partial charge in [-0.05, 0) is 12.5 Å². The third kappa shape index (κ3) is 1.30. The number of aryl methyl sites for hydroxylation is 1. The number of hydrogen-bond acceptors (Lipinski definition) is 2. The number of fused-ring (bicyclic) bond motifs is 1. The molecule has 0 radical (unpaired) electrons. The van der Waals surface area contributed by atoms with Crippen LogP contribution in [0.25, 0.3) is 11.0 Å². The molecule has 3 nitrogen and oxygen atoms in total. The maximum absolute atomic E-state index is 12.7. The van der Waals surface area contributed by atoms with Crippen molar-refractivity contribution in [2.75, 3.05) is 0 Å². The average molecular weight is 178 g/mol. The Balaban J connectivity index is 2.94. The van der Waals surface area contributed by atoms with E-state index < -0.39 is 5.82 Å². The molecule has 0 fully saturated rings. The third-order valence-corrected chi connectivity index (χ3v) is 1.83. The molecule has 2 aromatic heterocycles. The Hall–Kier alpha value is -1.71. The van der Waals surface area contributed by atoms with Gasteiger partial charge in [-0.15, -0.1) is 0 Å². The zero-order valence-corrected chi connectivity index (χ0v) is 6.97. The zero-order chi connectivity index (χ0) is 9.42. The van der Waals surface area contributed by atoms with E-state index in [0.717, 1.165) is 11.8 Å². The van der Waals surface area contributed by atoms with Gasteiger partial charge >= 0.3 is 0 Å². The summed E-state index contributed by atoms with van der Waals surface area (Å²) >= 11 is 0. The van der Waals surface area contributed by atoms with Crippen molar-refractivity contribution >= 4 is 11.0 Å². The maximum Gasteiger partial charge on any atom is 0.248 e. The van der Waals surface area contributed by atoms with E-state index in [4.69, 9.17) is 0 Å². The predicted octanol–water partition coefficient (Wildman–Crippen LogP) is 1.37. The van der Waals surface area contributed by atoms with Crippen LogP contribution in [-0.2, 0) is 0 Å². The molecule has 0 amide bonds. The summed E-state index contributed by atoms with van der Waals surface area (Å²) in [7, 11) is 0. The van der Waals surface area contributed by atoms with Crippen molar-refractivity contribution in [3.8, 4) is 0 Å². The van der Waals surface area contributed by atoms with Crippen LogP contribution in [0.3, 0.4) is 0 Å². The lowest BCUT2D eigenvalue weighted by Gasteiger charge is -1.99. The van der Waals surface area contributed by atoms with E-state index in [1.54, 1.807) is 6.92 Å². The van der Waals surface area contributed by atoms with Gasteiger partial charge in [0.1, 0.15) is 5.82 Å². The molecule has 2 rings (SSSR count). The first kappa shape index (κ1) is 7.91. The van der Waals surface area contributed by atoms with Gasteiger partial charge < -0.3 is 4.98 Å². The third-order valence-electron chi connectivity index (χ3n) is 1.83. The van der Waals surface area contributed by atoms with Gasteiger partial charge in [0, 0.05) is 12.1 Å². The number of rotatable bonds is 0. The number of hydrogen-bond donors (Lipinski definition) is 1. The number of aromatic nitrogens is 2. The second-order valence-corrected chi connectivity index (χ2v) is 2.87. The van der Waals surface area contributed by atoms with Crippen LogP contribution in [0.15, 0.2) is 23.1 Å². The van der Waals surface area contributed by atoms with Gasteiger partial charge in [-0.3, -0.25) is 9.78 Å². The molecule has 0 atom stereocenters. The van der Waals surface area contributed by atoms with Crippen LogP contribution in [0.1, 0.15) is 5.56 Å². The number of pyridine rings is 2. The maximum atomic E-state index is 12.7. The summed E-state index contributed by atoms with van der Waals surface area (Å²) < 4.78 is 12.7. The first-order chi connectivity index (χ1) is 6.16. The van der Waals surface area contributed by atoms with E-state index in [0.29, 0.717) is 11.0 Å². The molecule has 13 heavy (non-hydrogen) atoms. The lowest BCUT2D eigenvalue weighted by atomic mass is 10.2. The first-order valence-electron chi connectivity index (χ1n) is 3.82. The number of H-pyrrole nitrogens is 1. The SMILES string of the molecule is Cc1cc(=O)[nH]c2cc(F)cnc12. The monoisotopic (exact) mass is 178 g/mol. The van der Waals surface area contributed by atoms with Gasteiger partial charge in [-0.25, -0.2) is 4.39 Å². The van der Waals surface area contributed by atoms with Gasteiger partial charge in [0.2, 0.25) is 5.56 Å². The Labute approximate surface area is 73.2 Å². The Morgan fingerprint density at radius 3 is 3.00 bits per heavy atom. The number of aromatic amines is 1. The van der Waals surface area contributed by atoms with Crippen molar-refractivity contribution in [2.45, 2.75) is 6.92 Å². The molecule has 0 spiro atoms. The van der Waals surface area contributed by atoms with Crippen molar-refractivity contribution in [3.63, 3.8) is 0 Å². The van der Waals surface area contributed by atoms with Gasteiger partial charge in [0.05, 0.1) is 17.2 Å². The average Bonchev–Trinajstić information content (AvgIpc) is 2.02. The minimum atomic E-state index is -0.450. The normalized spacial score (nSPS) is 10.6. The summed E-state index contributed by atoms with van der Waals surface area (Å²) in [5.41, 5.74) is 1.57. The Bertz CT molecular complexity index is 518. The van der Waals surface area contributed by atoms with Crippen molar-refractivity contribution in [1.29, 1.82) is 0 Å². The summed E-state index contributed by atoms with van der Waals surface area (Å²) in [6.45, 7) is 1.77. The van der Waals surface area contributed by atoms with Crippen LogP contribution in [-0.4, -0.2) is 9.97 Å². The smallest absolute Gasteiger partial charge is 0.248 e. The van der Waals surface area contributed by atoms with Crippen molar-refractivity contribution in [3.05, 3.63) is 40.1 Å². The number of nitrogens with zero attached hydrogens (tertiary/aromatic N) is 1. The highest BCUT2D eigenvalue weighted by atomic mass is 19.1. The van der Waals surface area contributed by atoms with E-state index >= 15 is 0 Å². The number of nitrogens with one attached hydrogen (secondary N) is 1. The molecule has 0 saturated heterocycles. The fraction of sp³-hybridized carbons (Fsp3) is 0.111. The summed E-state index contributed by atoms with van der Waals surface area (Å²) in [4.78, 5) is 17.4. The van der Waals surface area contributed by atoms with Crippen LogP contribution in [0, 0.1) is 12.7 Å². The van der Waals surface area contributed by atoms with E-state index in [-0.39, 0.29) is 5.56 Å². The van der Waals surface area contributed by atoms with Crippen LogP contribution >= 0.6 is 0 Å². The standard InChI is InChI=1S/C9H7FN2O/c1-5-2-8(13)12-7-3-6(10)4-11-9(5)7/h2-4H,1H3,(H,12,13). The summed E-state index contributed by atoms with van der Waals surface area (Å²) in [5.74, 6) is -0.450. The van der Waals surface area contributed by atoms with Gasteiger partial charge in [-0.1, -0.05) is 0 Å². The molecule has 2 heterocycles. The van der Waals surface area contributed by atoms with Gasteiger partial charge in [-0.2, -0.15) is 0 Å².